The van der Waals surface area contributed by atoms with Crippen LogP contribution in [0.2, 0.25) is 0 Å². The van der Waals surface area contributed by atoms with Gasteiger partial charge in [-0.3, -0.25) is 9.69 Å². The number of esters is 1. The topological polar surface area (TPSA) is 94.5 Å². The highest BCUT2D eigenvalue weighted by Gasteiger charge is 2.34. The van der Waals surface area contributed by atoms with Gasteiger partial charge in [0, 0.05) is 23.8 Å². The Labute approximate surface area is 202 Å². The van der Waals surface area contributed by atoms with Gasteiger partial charge in [0.25, 0.3) is 0 Å². The largest absolute Gasteiger partial charge is 0.465 e. The molecule has 1 aromatic heterocycles. The van der Waals surface area contributed by atoms with Crippen molar-refractivity contribution in [1.82, 2.24) is 15.2 Å². The lowest BCUT2D eigenvalue weighted by Crippen LogP contribution is -2.36. The van der Waals surface area contributed by atoms with E-state index >= 15 is 0 Å². The van der Waals surface area contributed by atoms with E-state index in [9.17, 15) is 9.59 Å². The van der Waals surface area contributed by atoms with E-state index in [1.54, 1.807) is 29.2 Å². The third-order valence-electron chi connectivity index (χ3n) is 5.45. The van der Waals surface area contributed by atoms with Crippen molar-refractivity contribution in [3.63, 3.8) is 0 Å². The summed E-state index contributed by atoms with van der Waals surface area (Å²) >= 11 is 1.54. The van der Waals surface area contributed by atoms with Crippen LogP contribution in [0.4, 0.5) is 5.69 Å². The van der Waals surface area contributed by atoms with Crippen molar-refractivity contribution in [2.75, 3.05) is 17.8 Å². The van der Waals surface area contributed by atoms with Gasteiger partial charge in [-0.2, -0.15) is 4.98 Å². The van der Waals surface area contributed by atoms with Crippen LogP contribution in [0.5, 0.6) is 5.88 Å². The monoisotopic (exact) mass is 478 g/mol. The molecule has 0 fully saturated rings. The summed E-state index contributed by atoms with van der Waals surface area (Å²) in [5, 5.41) is 9.27. The van der Waals surface area contributed by atoms with Crippen LogP contribution in [0.15, 0.2) is 53.7 Å². The molecule has 1 atom stereocenters. The minimum Gasteiger partial charge on any atom is -0.465 e. The van der Waals surface area contributed by atoms with E-state index in [0.717, 1.165) is 25.0 Å². The maximum absolute atomic E-state index is 12.9. The number of amides is 1. The molecule has 34 heavy (non-hydrogen) atoms. The molecule has 0 unspecified atom stereocenters. The van der Waals surface area contributed by atoms with Gasteiger partial charge in [0.05, 0.1) is 18.4 Å². The Morgan fingerprint density at radius 1 is 1.09 bits per heavy atom. The van der Waals surface area contributed by atoms with Gasteiger partial charge in [0.15, 0.2) is 5.69 Å². The number of rotatable bonds is 7. The first kappa shape index (κ1) is 23.7. The molecular weight excluding hydrogens is 452 g/mol. The Morgan fingerprint density at radius 3 is 2.56 bits per heavy atom. The highest BCUT2D eigenvalue weighted by Crippen LogP contribution is 2.43. The van der Waals surface area contributed by atoms with E-state index < -0.39 is 12.2 Å². The molecule has 0 aliphatic carbocycles. The number of carbonyl (C=O) groups is 2. The van der Waals surface area contributed by atoms with Gasteiger partial charge in [-0.1, -0.05) is 61.9 Å². The average molecular weight is 479 g/mol. The fourth-order valence-corrected chi connectivity index (χ4v) is 4.52. The molecule has 0 N–H and O–H groups in total. The molecule has 8 nitrogen and oxygen atoms in total. The van der Waals surface area contributed by atoms with Crippen LogP contribution < -0.4 is 9.64 Å². The van der Waals surface area contributed by atoms with Gasteiger partial charge >= 0.3 is 5.97 Å². The molecule has 176 valence electrons. The minimum atomic E-state index is -0.804. The Hall–Kier alpha value is -3.46. The lowest BCUT2D eigenvalue weighted by atomic mass is 10.1. The molecule has 1 amide bonds. The second-order valence-electron chi connectivity index (χ2n) is 7.79. The second-order valence-corrected chi connectivity index (χ2v) is 8.86. The van der Waals surface area contributed by atoms with Crippen LogP contribution >= 0.6 is 11.8 Å². The van der Waals surface area contributed by atoms with Gasteiger partial charge in [0.2, 0.25) is 23.2 Å². The molecule has 1 aliphatic heterocycles. The number of carbonyl (C=O) groups excluding carboxylic acids is 2. The average Bonchev–Trinajstić information content (AvgIpc) is 3.00. The van der Waals surface area contributed by atoms with Gasteiger partial charge in [-0.05, 0) is 24.6 Å². The highest BCUT2D eigenvalue weighted by atomic mass is 32.2. The van der Waals surface area contributed by atoms with Gasteiger partial charge in [0.1, 0.15) is 0 Å². The second kappa shape index (κ2) is 10.6. The summed E-state index contributed by atoms with van der Waals surface area (Å²) in [6.45, 7) is 3.65. The Morgan fingerprint density at radius 2 is 1.85 bits per heavy atom. The number of anilines is 1. The summed E-state index contributed by atoms with van der Waals surface area (Å²) in [7, 11) is 1.33. The zero-order valence-electron chi connectivity index (χ0n) is 19.4. The van der Waals surface area contributed by atoms with E-state index in [-0.39, 0.29) is 5.91 Å². The summed E-state index contributed by atoms with van der Waals surface area (Å²) in [5.41, 5.74) is 2.93. The van der Waals surface area contributed by atoms with Crippen LogP contribution in [0.1, 0.15) is 55.3 Å². The van der Waals surface area contributed by atoms with E-state index in [2.05, 4.69) is 22.1 Å². The lowest BCUT2D eigenvalue weighted by Gasteiger charge is -2.29. The molecule has 2 aromatic carbocycles. The van der Waals surface area contributed by atoms with Gasteiger partial charge < -0.3 is 9.47 Å². The summed E-state index contributed by atoms with van der Waals surface area (Å²) in [6.07, 6.45) is 2.55. The minimum absolute atomic E-state index is 0.204. The summed E-state index contributed by atoms with van der Waals surface area (Å²) in [5.74, 6) is 0.563. The van der Waals surface area contributed by atoms with Crippen molar-refractivity contribution < 1.29 is 19.1 Å². The number of unbranched alkanes of at least 4 members (excludes halogenated alkanes) is 2. The fourth-order valence-electron chi connectivity index (χ4n) is 3.75. The highest BCUT2D eigenvalue weighted by molar-refractivity contribution is 7.99. The molecule has 1 aliphatic rings. The number of hydrogen-bond acceptors (Lipinski definition) is 8. The lowest BCUT2D eigenvalue weighted by molar-refractivity contribution is -0.118. The number of thioether (sulfide) groups is 1. The zero-order valence-corrected chi connectivity index (χ0v) is 20.2. The maximum Gasteiger partial charge on any atom is 0.337 e. The standard InChI is InChI=1S/C25H26N4O4S/c1-4-5-8-15-34-25-26-22-21(27-28-25)19-9-6-7-10-20(19)29(16(2)30)23(33-22)17-11-13-18(14-12-17)24(31)32-3/h6-7,9-14,23H,4-5,8,15H2,1-3H3/t23-/m0/s1. The van der Waals surface area contributed by atoms with Gasteiger partial charge in [-0.25, -0.2) is 4.79 Å². The van der Waals surface area contributed by atoms with Crippen molar-refractivity contribution in [2.24, 2.45) is 0 Å². The Balaban J connectivity index is 1.77. The molecule has 9 heteroatoms. The Bertz CT molecular complexity index is 1190. The molecule has 0 radical (unpaired) electrons. The Kier molecular flexibility index (Phi) is 7.42. The summed E-state index contributed by atoms with van der Waals surface area (Å²) in [6, 6.07) is 14.2. The fraction of sp³-hybridized carbons (Fsp3) is 0.320. The van der Waals surface area contributed by atoms with Crippen LogP contribution in [0.3, 0.4) is 0 Å². The van der Waals surface area contributed by atoms with E-state index in [4.69, 9.17) is 9.47 Å². The first-order chi connectivity index (χ1) is 16.5. The van der Waals surface area contributed by atoms with Crippen molar-refractivity contribution in [1.29, 1.82) is 0 Å². The third kappa shape index (κ3) is 4.89. The van der Waals surface area contributed by atoms with Crippen molar-refractivity contribution in [2.45, 2.75) is 44.5 Å². The summed E-state index contributed by atoms with van der Waals surface area (Å²) < 4.78 is 11.1. The number of para-hydroxylation sites is 1. The molecule has 0 saturated heterocycles. The quantitative estimate of drug-likeness (QED) is 0.264. The molecular formula is C25H26N4O4S. The molecule has 4 rings (SSSR count). The molecule has 3 aromatic rings. The molecule has 0 spiro atoms. The summed E-state index contributed by atoms with van der Waals surface area (Å²) in [4.78, 5) is 30.9. The number of fused-ring (bicyclic) bond motifs is 3. The number of nitrogens with zero attached hydrogens (tertiary/aromatic N) is 4. The number of benzene rings is 2. The van der Waals surface area contributed by atoms with Gasteiger partial charge in [-0.15, -0.1) is 10.2 Å². The van der Waals surface area contributed by atoms with E-state index in [0.29, 0.717) is 39.1 Å². The first-order valence-corrected chi connectivity index (χ1v) is 12.1. The number of hydrogen-bond donors (Lipinski definition) is 0. The first-order valence-electron chi connectivity index (χ1n) is 11.1. The van der Waals surface area contributed by atoms with E-state index in [1.807, 2.05) is 24.3 Å². The zero-order chi connectivity index (χ0) is 24.1. The smallest absolute Gasteiger partial charge is 0.337 e. The molecule has 0 saturated carbocycles. The van der Waals surface area contributed by atoms with Crippen LogP contribution in [0, 0.1) is 0 Å². The van der Waals surface area contributed by atoms with E-state index in [1.165, 1.54) is 25.8 Å². The maximum atomic E-state index is 12.9. The predicted molar refractivity (Wildman–Crippen MR) is 130 cm³/mol. The number of aromatic nitrogens is 3. The number of methoxy groups -OCH3 is 1. The number of ether oxygens (including phenoxy) is 2. The molecule has 0 bridgehead atoms. The van der Waals surface area contributed by atoms with Crippen LogP contribution in [0.25, 0.3) is 11.3 Å². The predicted octanol–water partition coefficient (Wildman–Crippen LogP) is 5.05. The SMILES string of the molecule is CCCCCSc1nnc2c(n1)O[C@@H](c1ccc(C(=O)OC)cc1)N(C(C)=O)c1ccccc1-2. The van der Waals surface area contributed by atoms with Crippen molar-refractivity contribution in [3.8, 4) is 17.1 Å². The molecule has 2 heterocycles. The normalized spacial score (nSPS) is 14.4. The van der Waals surface area contributed by atoms with Crippen molar-refractivity contribution in [3.05, 3.63) is 59.7 Å². The van der Waals surface area contributed by atoms with Crippen LogP contribution in [-0.4, -0.2) is 39.9 Å². The van der Waals surface area contributed by atoms with Crippen molar-refractivity contribution >= 4 is 29.3 Å². The third-order valence-corrected chi connectivity index (χ3v) is 6.37. The van der Waals surface area contributed by atoms with Crippen LogP contribution in [-0.2, 0) is 9.53 Å².